The minimum Gasteiger partial charge on any atom is -0.339 e. The molecule has 4 nitrogen and oxygen atoms in total. The van der Waals surface area contributed by atoms with E-state index in [1.54, 1.807) is 17.3 Å². The number of aromatic nitrogens is 1. The maximum atomic E-state index is 12.1. The molecule has 0 bridgehead atoms. The molecule has 3 atom stereocenters. The second-order valence-corrected chi connectivity index (χ2v) is 4.55. The zero-order valence-corrected chi connectivity index (χ0v) is 12.1. The fourth-order valence-corrected chi connectivity index (χ4v) is 1.60. The van der Waals surface area contributed by atoms with Gasteiger partial charge in [-0.15, -0.1) is 12.4 Å². The fraction of sp³-hybridized carbons (Fsp3) is 0.538. The zero-order valence-electron chi connectivity index (χ0n) is 11.3. The molecule has 2 N–H and O–H groups in total. The van der Waals surface area contributed by atoms with Gasteiger partial charge in [-0.25, -0.2) is 0 Å². The molecule has 0 aliphatic rings. The number of nitrogens with zero attached hydrogens (tertiary/aromatic N) is 2. The first-order valence-electron chi connectivity index (χ1n) is 5.87. The van der Waals surface area contributed by atoms with E-state index in [0.717, 1.165) is 5.56 Å². The Morgan fingerprint density at radius 1 is 1.28 bits per heavy atom. The molecule has 0 spiro atoms. The Bertz CT molecular complexity index is 370. The largest absolute Gasteiger partial charge is 0.339 e. The molecule has 0 aliphatic carbocycles. The lowest BCUT2D eigenvalue weighted by molar-refractivity contribution is -0.136. The Morgan fingerprint density at radius 3 is 2.22 bits per heavy atom. The number of nitrogens with two attached hydrogens (primary N) is 1. The summed E-state index contributed by atoms with van der Waals surface area (Å²) in [6.45, 7) is 5.72. The summed E-state index contributed by atoms with van der Waals surface area (Å²) in [6.07, 6.45) is 3.47. The van der Waals surface area contributed by atoms with Gasteiger partial charge in [0.05, 0.1) is 12.0 Å². The Morgan fingerprint density at radius 2 is 1.78 bits per heavy atom. The van der Waals surface area contributed by atoms with Gasteiger partial charge in [-0.3, -0.25) is 9.78 Å². The summed E-state index contributed by atoms with van der Waals surface area (Å²) in [5.41, 5.74) is 6.83. The number of hydrogen-bond donors (Lipinski definition) is 1. The predicted molar refractivity (Wildman–Crippen MR) is 75.5 cm³/mol. The minimum absolute atomic E-state index is 0. The standard InChI is InChI=1S/C13H21N3O.ClH/c1-9(10(2)14)13(17)16(4)11(3)12-5-7-15-8-6-12;/h5-11H,14H2,1-4H3;1H. The first kappa shape index (κ1) is 16.9. The van der Waals surface area contributed by atoms with Crippen LogP contribution in [-0.2, 0) is 4.79 Å². The van der Waals surface area contributed by atoms with E-state index in [0.29, 0.717) is 0 Å². The quantitative estimate of drug-likeness (QED) is 0.911. The average molecular weight is 272 g/mol. The summed E-state index contributed by atoms with van der Waals surface area (Å²) in [6, 6.07) is 3.75. The van der Waals surface area contributed by atoms with Crippen LogP contribution < -0.4 is 5.73 Å². The summed E-state index contributed by atoms with van der Waals surface area (Å²) < 4.78 is 0. The Kier molecular flexibility index (Phi) is 6.88. The highest BCUT2D eigenvalue weighted by atomic mass is 35.5. The van der Waals surface area contributed by atoms with Crippen LogP contribution in [-0.4, -0.2) is 28.9 Å². The molecule has 0 saturated carbocycles. The molecular formula is C13H22ClN3O. The summed E-state index contributed by atoms with van der Waals surface area (Å²) >= 11 is 0. The van der Waals surface area contributed by atoms with Gasteiger partial charge in [-0.2, -0.15) is 0 Å². The summed E-state index contributed by atoms with van der Waals surface area (Å²) in [5, 5.41) is 0. The Labute approximate surface area is 115 Å². The first-order chi connectivity index (χ1) is 7.95. The highest BCUT2D eigenvalue weighted by Crippen LogP contribution is 2.20. The maximum absolute atomic E-state index is 12.1. The lowest BCUT2D eigenvalue weighted by Crippen LogP contribution is -2.40. The Hall–Kier alpha value is -1.13. The molecule has 1 aromatic rings. The molecule has 1 heterocycles. The van der Waals surface area contributed by atoms with Gasteiger partial charge in [0.15, 0.2) is 0 Å². The van der Waals surface area contributed by atoms with Gasteiger partial charge >= 0.3 is 0 Å². The van der Waals surface area contributed by atoms with Gasteiger partial charge in [0.2, 0.25) is 5.91 Å². The monoisotopic (exact) mass is 271 g/mol. The van der Waals surface area contributed by atoms with E-state index >= 15 is 0 Å². The number of halogens is 1. The molecule has 1 aromatic heterocycles. The van der Waals surface area contributed by atoms with Crippen molar-refractivity contribution < 1.29 is 4.79 Å². The van der Waals surface area contributed by atoms with Crippen molar-refractivity contribution in [2.45, 2.75) is 32.9 Å². The van der Waals surface area contributed by atoms with Gasteiger partial charge in [-0.05, 0) is 31.5 Å². The number of carbonyl (C=O) groups is 1. The van der Waals surface area contributed by atoms with Crippen molar-refractivity contribution in [1.82, 2.24) is 9.88 Å². The number of rotatable bonds is 4. The van der Waals surface area contributed by atoms with Crippen LogP contribution in [0.15, 0.2) is 24.5 Å². The van der Waals surface area contributed by atoms with E-state index in [1.165, 1.54) is 0 Å². The minimum atomic E-state index is -0.163. The SMILES string of the molecule is CC(N)C(C)C(=O)N(C)C(C)c1ccncc1.Cl. The van der Waals surface area contributed by atoms with Crippen molar-refractivity contribution in [2.75, 3.05) is 7.05 Å². The predicted octanol–water partition coefficient (Wildman–Crippen LogP) is 2.01. The van der Waals surface area contributed by atoms with Crippen LogP contribution in [0, 0.1) is 5.92 Å². The van der Waals surface area contributed by atoms with Gasteiger partial charge in [-0.1, -0.05) is 6.92 Å². The van der Waals surface area contributed by atoms with Crippen LogP contribution in [0.2, 0.25) is 0 Å². The second-order valence-electron chi connectivity index (χ2n) is 4.55. The third kappa shape index (κ3) is 3.96. The molecule has 5 heteroatoms. The molecule has 1 amide bonds. The van der Waals surface area contributed by atoms with Gasteiger partial charge < -0.3 is 10.6 Å². The van der Waals surface area contributed by atoms with E-state index in [-0.39, 0.29) is 36.3 Å². The fourth-order valence-electron chi connectivity index (χ4n) is 1.60. The third-order valence-corrected chi connectivity index (χ3v) is 3.30. The van der Waals surface area contributed by atoms with Gasteiger partial charge in [0.25, 0.3) is 0 Å². The third-order valence-electron chi connectivity index (χ3n) is 3.30. The normalized spacial score (nSPS) is 15.2. The van der Waals surface area contributed by atoms with Crippen molar-refractivity contribution in [3.63, 3.8) is 0 Å². The number of pyridine rings is 1. The van der Waals surface area contributed by atoms with Crippen molar-refractivity contribution in [1.29, 1.82) is 0 Å². The van der Waals surface area contributed by atoms with Crippen molar-refractivity contribution in [3.05, 3.63) is 30.1 Å². The topological polar surface area (TPSA) is 59.2 Å². The van der Waals surface area contributed by atoms with Crippen LogP contribution in [0.5, 0.6) is 0 Å². The second kappa shape index (κ2) is 7.34. The average Bonchev–Trinajstić information content (AvgIpc) is 2.36. The van der Waals surface area contributed by atoms with E-state index in [4.69, 9.17) is 5.73 Å². The van der Waals surface area contributed by atoms with Gasteiger partial charge in [0.1, 0.15) is 0 Å². The number of amides is 1. The first-order valence-corrected chi connectivity index (χ1v) is 5.87. The molecule has 1 rings (SSSR count). The van der Waals surface area contributed by atoms with Crippen LogP contribution >= 0.6 is 12.4 Å². The lowest BCUT2D eigenvalue weighted by atomic mass is 10.0. The highest BCUT2D eigenvalue weighted by molar-refractivity contribution is 5.85. The van der Waals surface area contributed by atoms with Crippen molar-refractivity contribution in [3.8, 4) is 0 Å². The molecule has 0 saturated heterocycles. The van der Waals surface area contributed by atoms with Gasteiger partial charge in [0, 0.05) is 25.5 Å². The molecule has 0 aromatic carbocycles. The maximum Gasteiger partial charge on any atom is 0.227 e. The van der Waals surface area contributed by atoms with E-state index in [1.807, 2.05) is 40.0 Å². The van der Waals surface area contributed by atoms with Crippen LogP contribution in [0.3, 0.4) is 0 Å². The summed E-state index contributed by atoms with van der Waals surface area (Å²) in [5.74, 6) is -0.0893. The molecular weight excluding hydrogens is 250 g/mol. The lowest BCUT2D eigenvalue weighted by Gasteiger charge is -2.29. The molecule has 3 unspecified atom stereocenters. The molecule has 102 valence electrons. The van der Waals surface area contributed by atoms with Crippen LogP contribution in [0.4, 0.5) is 0 Å². The van der Waals surface area contributed by atoms with E-state index in [2.05, 4.69) is 4.98 Å². The molecule has 0 fully saturated rings. The van der Waals surface area contributed by atoms with Crippen molar-refractivity contribution >= 4 is 18.3 Å². The van der Waals surface area contributed by atoms with Crippen LogP contribution in [0.25, 0.3) is 0 Å². The molecule has 0 radical (unpaired) electrons. The Balaban J connectivity index is 0.00000289. The van der Waals surface area contributed by atoms with Crippen LogP contribution in [0.1, 0.15) is 32.4 Å². The van der Waals surface area contributed by atoms with E-state index in [9.17, 15) is 4.79 Å². The number of carbonyl (C=O) groups excluding carboxylic acids is 1. The van der Waals surface area contributed by atoms with E-state index < -0.39 is 0 Å². The summed E-state index contributed by atoms with van der Waals surface area (Å²) in [7, 11) is 1.81. The molecule has 18 heavy (non-hydrogen) atoms. The zero-order chi connectivity index (χ0) is 13.0. The highest BCUT2D eigenvalue weighted by Gasteiger charge is 2.24. The molecule has 0 aliphatic heterocycles. The smallest absolute Gasteiger partial charge is 0.227 e. The summed E-state index contributed by atoms with van der Waals surface area (Å²) in [4.78, 5) is 17.8. The van der Waals surface area contributed by atoms with Crippen molar-refractivity contribution in [2.24, 2.45) is 11.7 Å². The number of hydrogen-bond acceptors (Lipinski definition) is 3.